The van der Waals surface area contributed by atoms with Gasteiger partial charge in [0.05, 0.1) is 19.0 Å². The van der Waals surface area contributed by atoms with Gasteiger partial charge in [-0.15, -0.1) is 0 Å². The lowest BCUT2D eigenvalue weighted by molar-refractivity contribution is -0.133. The standard InChI is InChI=1S/C12H14ClN3O2/c1-8(2)12(17)16-5-9(6-16)7-18-11-4-14-3-10(13)15-11/h3-4,9H,1,5-7H2,2H3. The molecule has 0 aromatic carbocycles. The number of carbonyl (C=O) groups excluding carboxylic acids is 1. The number of halogens is 1. The van der Waals surface area contributed by atoms with Crippen LogP contribution in [0.1, 0.15) is 6.92 Å². The van der Waals surface area contributed by atoms with E-state index in [0.717, 1.165) is 0 Å². The third-order valence-corrected chi connectivity index (χ3v) is 2.84. The van der Waals surface area contributed by atoms with Crippen LogP contribution in [0.3, 0.4) is 0 Å². The summed E-state index contributed by atoms with van der Waals surface area (Å²) in [7, 11) is 0. The first-order valence-electron chi connectivity index (χ1n) is 5.61. The zero-order chi connectivity index (χ0) is 13.1. The van der Waals surface area contributed by atoms with Crippen molar-refractivity contribution < 1.29 is 9.53 Å². The highest BCUT2D eigenvalue weighted by Gasteiger charge is 2.31. The molecule has 0 bridgehead atoms. The van der Waals surface area contributed by atoms with E-state index in [4.69, 9.17) is 16.3 Å². The average Bonchev–Trinajstić information content (AvgIpc) is 2.26. The van der Waals surface area contributed by atoms with Crippen molar-refractivity contribution in [3.63, 3.8) is 0 Å². The lowest BCUT2D eigenvalue weighted by Gasteiger charge is -2.39. The highest BCUT2D eigenvalue weighted by Crippen LogP contribution is 2.19. The molecule has 2 heterocycles. The van der Waals surface area contributed by atoms with Gasteiger partial charge in [-0.25, -0.2) is 0 Å². The molecule has 0 N–H and O–H groups in total. The maximum absolute atomic E-state index is 11.5. The molecule has 1 amide bonds. The molecule has 1 aromatic rings. The van der Waals surface area contributed by atoms with Crippen LogP contribution in [0.4, 0.5) is 0 Å². The molecule has 0 saturated carbocycles. The Labute approximate surface area is 110 Å². The van der Waals surface area contributed by atoms with Crippen LogP contribution >= 0.6 is 11.6 Å². The summed E-state index contributed by atoms with van der Waals surface area (Å²) in [5.41, 5.74) is 0.565. The molecule has 5 nitrogen and oxygen atoms in total. The fourth-order valence-electron chi connectivity index (χ4n) is 1.71. The van der Waals surface area contributed by atoms with Gasteiger partial charge >= 0.3 is 0 Å². The molecule has 1 fully saturated rings. The molecule has 0 spiro atoms. The molecule has 1 aliphatic heterocycles. The van der Waals surface area contributed by atoms with Crippen molar-refractivity contribution >= 4 is 17.5 Å². The molecule has 0 aliphatic carbocycles. The molecule has 96 valence electrons. The zero-order valence-corrected chi connectivity index (χ0v) is 10.9. The molecular formula is C12H14ClN3O2. The van der Waals surface area contributed by atoms with E-state index in [0.29, 0.717) is 42.2 Å². The second-order valence-electron chi connectivity index (χ2n) is 4.35. The maximum Gasteiger partial charge on any atom is 0.248 e. The largest absolute Gasteiger partial charge is 0.476 e. The van der Waals surface area contributed by atoms with Crippen molar-refractivity contribution in [3.05, 3.63) is 29.7 Å². The van der Waals surface area contributed by atoms with E-state index in [-0.39, 0.29) is 5.91 Å². The van der Waals surface area contributed by atoms with Crippen LogP contribution < -0.4 is 4.74 Å². The minimum atomic E-state index is 0.00815. The van der Waals surface area contributed by atoms with Gasteiger partial charge < -0.3 is 9.64 Å². The summed E-state index contributed by atoms with van der Waals surface area (Å²) in [6.07, 6.45) is 2.96. The monoisotopic (exact) mass is 267 g/mol. The van der Waals surface area contributed by atoms with Gasteiger partial charge in [-0.05, 0) is 6.92 Å². The predicted octanol–water partition coefficient (Wildman–Crippen LogP) is 1.54. The number of rotatable bonds is 4. The number of ether oxygens (including phenoxy) is 1. The Morgan fingerprint density at radius 2 is 2.33 bits per heavy atom. The first-order chi connectivity index (χ1) is 8.56. The van der Waals surface area contributed by atoms with E-state index >= 15 is 0 Å². The van der Waals surface area contributed by atoms with Crippen molar-refractivity contribution in [1.29, 1.82) is 0 Å². The normalized spacial score (nSPS) is 15.1. The SMILES string of the molecule is C=C(C)C(=O)N1CC(COc2cncc(Cl)n2)C1. The Morgan fingerprint density at radius 1 is 1.61 bits per heavy atom. The topological polar surface area (TPSA) is 55.3 Å². The molecule has 18 heavy (non-hydrogen) atoms. The highest BCUT2D eigenvalue weighted by molar-refractivity contribution is 6.29. The summed E-state index contributed by atoms with van der Waals surface area (Å²) in [6.45, 7) is 7.24. The van der Waals surface area contributed by atoms with Crippen LogP contribution in [-0.4, -0.2) is 40.5 Å². The Bertz CT molecular complexity index is 472. The number of likely N-dealkylation sites (tertiary alicyclic amines) is 1. The molecule has 0 unspecified atom stereocenters. The smallest absolute Gasteiger partial charge is 0.248 e. The highest BCUT2D eigenvalue weighted by atomic mass is 35.5. The fourth-order valence-corrected chi connectivity index (χ4v) is 1.85. The van der Waals surface area contributed by atoms with Gasteiger partial charge in [0.2, 0.25) is 11.8 Å². The molecule has 1 saturated heterocycles. The van der Waals surface area contributed by atoms with Gasteiger partial charge in [0, 0.05) is 24.6 Å². The molecular weight excluding hydrogens is 254 g/mol. The van der Waals surface area contributed by atoms with E-state index in [1.807, 2.05) is 0 Å². The van der Waals surface area contributed by atoms with E-state index < -0.39 is 0 Å². The first-order valence-corrected chi connectivity index (χ1v) is 5.99. The Hall–Kier alpha value is -1.62. The Kier molecular flexibility index (Phi) is 3.81. The lowest BCUT2D eigenvalue weighted by Crippen LogP contribution is -2.52. The number of nitrogens with zero attached hydrogens (tertiary/aromatic N) is 3. The number of hydrogen-bond donors (Lipinski definition) is 0. The van der Waals surface area contributed by atoms with Crippen LogP contribution in [0.2, 0.25) is 5.15 Å². The maximum atomic E-state index is 11.5. The quantitative estimate of drug-likeness (QED) is 0.777. The second-order valence-corrected chi connectivity index (χ2v) is 4.73. The molecule has 2 rings (SSSR count). The summed E-state index contributed by atoms with van der Waals surface area (Å²) in [4.78, 5) is 21.1. The second kappa shape index (κ2) is 5.35. The van der Waals surface area contributed by atoms with Gasteiger partial charge in [0.25, 0.3) is 0 Å². The minimum absolute atomic E-state index is 0.00815. The van der Waals surface area contributed by atoms with Crippen molar-refractivity contribution in [2.75, 3.05) is 19.7 Å². The van der Waals surface area contributed by atoms with Crippen molar-refractivity contribution in [1.82, 2.24) is 14.9 Å². The number of carbonyl (C=O) groups is 1. The van der Waals surface area contributed by atoms with Crippen LogP contribution in [0.15, 0.2) is 24.5 Å². The zero-order valence-electron chi connectivity index (χ0n) is 10.1. The molecule has 1 aromatic heterocycles. The van der Waals surface area contributed by atoms with Gasteiger partial charge in [-0.1, -0.05) is 18.2 Å². The van der Waals surface area contributed by atoms with E-state index in [1.54, 1.807) is 11.8 Å². The summed E-state index contributed by atoms with van der Waals surface area (Å²) < 4.78 is 5.46. The van der Waals surface area contributed by atoms with Crippen LogP contribution in [-0.2, 0) is 4.79 Å². The number of aromatic nitrogens is 2. The Morgan fingerprint density at radius 3 is 2.94 bits per heavy atom. The molecule has 1 aliphatic rings. The molecule has 0 radical (unpaired) electrons. The predicted molar refractivity (Wildman–Crippen MR) is 67.4 cm³/mol. The van der Waals surface area contributed by atoms with Gasteiger partial charge in [-0.2, -0.15) is 4.98 Å². The summed E-state index contributed by atoms with van der Waals surface area (Å²) in [5, 5.41) is 0.306. The number of hydrogen-bond acceptors (Lipinski definition) is 4. The minimum Gasteiger partial charge on any atom is -0.476 e. The van der Waals surface area contributed by atoms with Gasteiger partial charge in [-0.3, -0.25) is 9.78 Å². The lowest BCUT2D eigenvalue weighted by atomic mass is 10.0. The summed E-state index contributed by atoms with van der Waals surface area (Å²) in [6, 6.07) is 0. The summed E-state index contributed by atoms with van der Waals surface area (Å²) >= 11 is 5.69. The Balaban J connectivity index is 1.75. The van der Waals surface area contributed by atoms with E-state index in [1.165, 1.54) is 12.4 Å². The van der Waals surface area contributed by atoms with Gasteiger partial charge in [0.15, 0.2) is 5.15 Å². The third-order valence-electron chi connectivity index (χ3n) is 2.66. The number of amides is 1. The first kappa shape index (κ1) is 12.8. The van der Waals surface area contributed by atoms with E-state index in [2.05, 4.69) is 16.5 Å². The molecule has 6 heteroatoms. The van der Waals surface area contributed by atoms with Crippen LogP contribution in [0, 0.1) is 5.92 Å². The van der Waals surface area contributed by atoms with Crippen LogP contribution in [0.25, 0.3) is 0 Å². The van der Waals surface area contributed by atoms with Crippen molar-refractivity contribution in [3.8, 4) is 5.88 Å². The average molecular weight is 268 g/mol. The summed E-state index contributed by atoms with van der Waals surface area (Å²) in [5.74, 6) is 0.745. The van der Waals surface area contributed by atoms with Crippen molar-refractivity contribution in [2.24, 2.45) is 5.92 Å². The van der Waals surface area contributed by atoms with Crippen molar-refractivity contribution in [2.45, 2.75) is 6.92 Å². The van der Waals surface area contributed by atoms with Gasteiger partial charge in [0.1, 0.15) is 0 Å². The third kappa shape index (κ3) is 2.98. The van der Waals surface area contributed by atoms with Crippen LogP contribution in [0.5, 0.6) is 5.88 Å². The fraction of sp³-hybridized carbons (Fsp3) is 0.417. The van der Waals surface area contributed by atoms with E-state index in [9.17, 15) is 4.79 Å². The molecule has 0 atom stereocenters.